The van der Waals surface area contributed by atoms with E-state index >= 15 is 0 Å². The molecule has 0 radical (unpaired) electrons. The van der Waals surface area contributed by atoms with E-state index in [1.807, 2.05) is 27.0 Å². The monoisotopic (exact) mass is 180 g/mol. The Morgan fingerprint density at radius 1 is 1.08 bits per heavy atom. The summed E-state index contributed by atoms with van der Waals surface area (Å²) in [6.45, 7) is 12.4. The van der Waals surface area contributed by atoms with Crippen LogP contribution in [0.5, 0.6) is 0 Å². The molecule has 0 N–H and O–H groups in total. The van der Waals surface area contributed by atoms with Crippen LogP contribution in [0.2, 0.25) is 0 Å². The third-order valence-electron chi connectivity index (χ3n) is 1.52. The predicted molar refractivity (Wildman–Crippen MR) is 56.8 cm³/mol. The summed E-state index contributed by atoms with van der Waals surface area (Å²) >= 11 is 0. The minimum atomic E-state index is 0.110. The van der Waals surface area contributed by atoms with E-state index in [1.165, 1.54) is 0 Å². The molecule has 2 heteroatoms. The Morgan fingerprint density at radius 2 is 1.62 bits per heavy atom. The maximum atomic E-state index is 4.38. The number of nitrogens with zero attached hydrogens (tertiary/aromatic N) is 2. The first-order chi connectivity index (χ1) is 6.00. The van der Waals surface area contributed by atoms with Crippen molar-refractivity contribution in [3.05, 3.63) is 23.8 Å². The molecule has 0 aliphatic rings. The smallest absolute Gasteiger partial charge is 0.0643 e. The Hall–Kier alpha value is -0.920. The summed E-state index contributed by atoms with van der Waals surface area (Å²) in [5.74, 6) is 0. The second-order valence-electron chi connectivity index (χ2n) is 3.80. The second-order valence-corrected chi connectivity index (χ2v) is 3.80. The third-order valence-corrected chi connectivity index (χ3v) is 1.52. The molecule has 0 unspecified atom stereocenters. The second kappa shape index (κ2) is 4.95. The molecule has 1 heterocycles. The summed E-state index contributed by atoms with van der Waals surface area (Å²) in [7, 11) is 0. The number of hydrogen-bond acceptors (Lipinski definition) is 2. The molecule has 0 aliphatic carbocycles. The summed E-state index contributed by atoms with van der Waals surface area (Å²) in [5, 5.41) is 0. The van der Waals surface area contributed by atoms with Crippen LogP contribution in [0.25, 0.3) is 0 Å². The first-order valence-corrected chi connectivity index (χ1v) is 4.79. The van der Waals surface area contributed by atoms with Crippen molar-refractivity contribution in [2.24, 2.45) is 0 Å². The van der Waals surface area contributed by atoms with Crippen molar-refractivity contribution in [3.63, 3.8) is 0 Å². The van der Waals surface area contributed by atoms with Crippen LogP contribution in [-0.2, 0) is 5.41 Å². The zero-order chi connectivity index (χ0) is 10.5. The van der Waals surface area contributed by atoms with Crippen LogP contribution in [0.4, 0.5) is 0 Å². The Balaban J connectivity index is 0.000000671. The van der Waals surface area contributed by atoms with E-state index in [1.54, 1.807) is 6.20 Å². The van der Waals surface area contributed by atoms with E-state index in [9.17, 15) is 0 Å². The van der Waals surface area contributed by atoms with E-state index in [0.29, 0.717) is 0 Å². The Kier molecular flexibility index (Phi) is 4.60. The summed E-state index contributed by atoms with van der Waals surface area (Å²) in [5.41, 5.74) is 2.15. The number of aryl methyl sites for hydroxylation is 1. The van der Waals surface area contributed by atoms with Gasteiger partial charge in [-0.2, -0.15) is 0 Å². The van der Waals surface area contributed by atoms with Crippen LogP contribution in [0.3, 0.4) is 0 Å². The zero-order valence-corrected chi connectivity index (χ0v) is 9.55. The van der Waals surface area contributed by atoms with E-state index in [2.05, 4.69) is 30.7 Å². The standard InChI is InChI=1S/C9H14N2.C2H6/c1-7-5-10-6-8(11-7)9(2,3)4;1-2/h5-6H,1-4H3;1-2H3. The summed E-state index contributed by atoms with van der Waals surface area (Å²) < 4.78 is 0. The van der Waals surface area contributed by atoms with Crippen LogP contribution in [0.15, 0.2) is 12.4 Å². The van der Waals surface area contributed by atoms with Gasteiger partial charge in [0, 0.05) is 17.8 Å². The molecule has 0 atom stereocenters. The Morgan fingerprint density at radius 3 is 1.92 bits per heavy atom. The molecule has 0 bridgehead atoms. The summed E-state index contributed by atoms with van der Waals surface area (Å²) in [6.07, 6.45) is 3.60. The van der Waals surface area contributed by atoms with Crippen molar-refractivity contribution in [1.82, 2.24) is 9.97 Å². The average molecular weight is 180 g/mol. The van der Waals surface area contributed by atoms with Gasteiger partial charge in [0.2, 0.25) is 0 Å². The molecule has 1 aromatic rings. The van der Waals surface area contributed by atoms with Crippen LogP contribution >= 0.6 is 0 Å². The minimum Gasteiger partial charge on any atom is -0.261 e. The van der Waals surface area contributed by atoms with Crippen molar-refractivity contribution in [1.29, 1.82) is 0 Å². The largest absolute Gasteiger partial charge is 0.261 e. The lowest BCUT2D eigenvalue weighted by atomic mass is 9.93. The molecule has 1 rings (SSSR count). The van der Waals surface area contributed by atoms with Gasteiger partial charge in [0.25, 0.3) is 0 Å². The highest BCUT2D eigenvalue weighted by Gasteiger charge is 2.14. The van der Waals surface area contributed by atoms with E-state index in [-0.39, 0.29) is 5.41 Å². The van der Waals surface area contributed by atoms with Crippen molar-refractivity contribution in [2.45, 2.75) is 47.0 Å². The van der Waals surface area contributed by atoms with Crippen LogP contribution in [0.1, 0.15) is 46.0 Å². The fraction of sp³-hybridized carbons (Fsp3) is 0.636. The molecule has 1 aromatic heterocycles. The molecule has 2 nitrogen and oxygen atoms in total. The normalized spacial score (nSPS) is 10.3. The number of aromatic nitrogens is 2. The first-order valence-electron chi connectivity index (χ1n) is 4.79. The van der Waals surface area contributed by atoms with Crippen molar-refractivity contribution >= 4 is 0 Å². The maximum Gasteiger partial charge on any atom is 0.0643 e. The molecule has 0 amide bonds. The third kappa shape index (κ3) is 4.02. The lowest BCUT2D eigenvalue weighted by Gasteiger charge is -2.16. The van der Waals surface area contributed by atoms with Gasteiger partial charge < -0.3 is 0 Å². The van der Waals surface area contributed by atoms with Crippen molar-refractivity contribution < 1.29 is 0 Å². The SMILES string of the molecule is CC.Cc1cncc(C(C)(C)C)n1. The van der Waals surface area contributed by atoms with Crippen molar-refractivity contribution in [3.8, 4) is 0 Å². The van der Waals surface area contributed by atoms with Gasteiger partial charge in [-0.25, -0.2) is 0 Å². The topological polar surface area (TPSA) is 25.8 Å². The molecule has 0 aromatic carbocycles. The molecule has 0 saturated carbocycles. The average Bonchev–Trinajstić information content (AvgIpc) is 2.06. The van der Waals surface area contributed by atoms with Gasteiger partial charge in [0.15, 0.2) is 0 Å². The fourth-order valence-electron chi connectivity index (χ4n) is 0.825. The minimum absolute atomic E-state index is 0.110. The van der Waals surface area contributed by atoms with Crippen LogP contribution in [-0.4, -0.2) is 9.97 Å². The molecule has 0 saturated heterocycles. The highest BCUT2D eigenvalue weighted by molar-refractivity contribution is 5.10. The van der Waals surface area contributed by atoms with Gasteiger partial charge in [0.1, 0.15) is 0 Å². The fourth-order valence-corrected chi connectivity index (χ4v) is 0.825. The lowest BCUT2D eigenvalue weighted by Crippen LogP contribution is -2.14. The summed E-state index contributed by atoms with van der Waals surface area (Å²) in [4.78, 5) is 8.47. The number of hydrogen-bond donors (Lipinski definition) is 0. The zero-order valence-electron chi connectivity index (χ0n) is 9.55. The molecule has 13 heavy (non-hydrogen) atoms. The predicted octanol–water partition coefficient (Wildman–Crippen LogP) is 3.11. The summed E-state index contributed by atoms with van der Waals surface area (Å²) in [6, 6.07) is 0. The molecule has 74 valence electrons. The van der Waals surface area contributed by atoms with Gasteiger partial charge in [0.05, 0.1) is 11.4 Å². The van der Waals surface area contributed by atoms with E-state index < -0.39 is 0 Å². The van der Waals surface area contributed by atoms with E-state index in [0.717, 1.165) is 11.4 Å². The van der Waals surface area contributed by atoms with E-state index in [4.69, 9.17) is 0 Å². The maximum absolute atomic E-state index is 4.38. The van der Waals surface area contributed by atoms with Gasteiger partial charge in [-0.1, -0.05) is 34.6 Å². The lowest BCUT2D eigenvalue weighted by molar-refractivity contribution is 0.563. The van der Waals surface area contributed by atoms with Crippen LogP contribution < -0.4 is 0 Å². The molecule has 0 spiro atoms. The molecular weight excluding hydrogens is 160 g/mol. The quantitative estimate of drug-likeness (QED) is 0.613. The highest BCUT2D eigenvalue weighted by Crippen LogP contribution is 2.18. The Bertz CT molecular complexity index is 249. The Labute approximate surface area is 81.4 Å². The first kappa shape index (κ1) is 12.1. The van der Waals surface area contributed by atoms with Gasteiger partial charge >= 0.3 is 0 Å². The molecular formula is C11H20N2. The van der Waals surface area contributed by atoms with Gasteiger partial charge in [-0.15, -0.1) is 0 Å². The van der Waals surface area contributed by atoms with Gasteiger partial charge in [-0.3, -0.25) is 9.97 Å². The van der Waals surface area contributed by atoms with Crippen LogP contribution in [0, 0.1) is 6.92 Å². The number of rotatable bonds is 0. The highest BCUT2D eigenvalue weighted by atomic mass is 14.8. The van der Waals surface area contributed by atoms with Crippen molar-refractivity contribution in [2.75, 3.05) is 0 Å². The van der Waals surface area contributed by atoms with Gasteiger partial charge in [-0.05, 0) is 6.92 Å². The molecule has 0 aliphatic heterocycles. The molecule has 0 fully saturated rings.